The molecular weight excluding hydrogens is 415 g/mol. The predicted octanol–water partition coefficient (Wildman–Crippen LogP) is 2.11. The number of hydrogen-bond donors (Lipinski definition) is 1. The molecule has 158 valence electrons. The Morgan fingerprint density at radius 1 is 1.40 bits per heavy atom. The number of nitrogens with zero attached hydrogens (tertiary/aromatic N) is 3. The van der Waals surface area contributed by atoms with Crippen LogP contribution < -0.4 is 14.8 Å². The molecule has 1 amide bonds. The quantitative estimate of drug-likeness (QED) is 0.669. The lowest BCUT2D eigenvalue weighted by Gasteiger charge is -2.26. The number of sulfone groups is 1. The maximum absolute atomic E-state index is 13.1. The zero-order valence-electron chi connectivity index (χ0n) is 16.5. The molecule has 30 heavy (non-hydrogen) atoms. The smallest absolute Gasteiger partial charge is 0.222 e. The van der Waals surface area contributed by atoms with Gasteiger partial charge in [-0.3, -0.25) is 4.79 Å². The third-order valence-electron chi connectivity index (χ3n) is 4.61. The van der Waals surface area contributed by atoms with Crippen molar-refractivity contribution in [2.45, 2.75) is 18.1 Å². The highest BCUT2D eigenvalue weighted by Crippen LogP contribution is 2.43. The first-order valence-corrected chi connectivity index (χ1v) is 10.9. The average molecular weight is 434 g/mol. The number of ether oxygens (including phenoxy) is 2. The zero-order valence-corrected chi connectivity index (χ0v) is 17.3. The number of fused-ring (bicyclic) bond motifs is 2. The maximum Gasteiger partial charge on any atom is 0.222 e. The number of aromatic nitrogens is 3. The summed E-state index contributed by atoms with van der Waals surface area (Å²) in [6.07, 6.45) is 3.55. The number of halogens is 1. The number of amides is 1. The van der Waals surface area contributed by atoms with E-state index in [0.717, 1.165) is 11.8 Å². The topological polar surface area (TPSA) is 112 Å². The third kappa shape index (κ3) is 3.56. The second-order valence-electron chi connectivity index (χ2n) is 7.04. The van der Waals surface area contributed by atoms with Gasteiger partial charge in [0, 0.05) is 43.4 Å². The van der Waals surface area contributed by atoms with Gasteiger partial charge in [0.2, 0.25) is 5.91 Å². The molecule has 3 aromatic heterocycles. The van der Waals surface area contributed by atoms with E-state index in [-0.39, 0.29) is 34.7 Å². The number of anilines is 1. The van der Waals surface area contributed by atoms with E-state index < -0.39 is 22.6 Å². The van der Waals surface area contributed by atoms with Gasteiger partial charge in [0.15, 0.2) is 32.5 Å². The minimum Gasteiger partial charge on any atom is -0.483 e. The van der Waals surface area contributed by atoms with Crippen molar-refractivity contribution < 1.29 is 27.1 Å². The molecule has 4 rings (SSSR count). The summed E-state index contributed by atoms with van der Waals surface area (Å²) in [4.78, 5) is 20.0. The molecule has 9 nitrogen and oxygen atoms in total. The van der Waals surface area contributed by atoms with Crippen molar-refractivity contribution in [1.29, 1.82) is 0 Å². The highest BCUT2D eigenvalue weighted by atomic mass is 32.2. The van der Waals surface area contributed by atoms with Gasteiger partial charge in [0.1, 0.15) is 24.8 Å². The van der Waals surface area contributed by atoms with Gasteiger partial charge < -0.3 is 19.4 Å². The van der Waals surface area contributed by atoms with Crippen LogP contribution in [-0.2, 0) is 21.7 Å². The first kappa shape index (κ1) is 20.1. The lowest BCUT2D eigenvalue weighted by molar-refractivity contribution is -0.114. The molecule has 1 aliphatic heterocycles. The van der Waals surface area contributed by atoms with Crippen LogP contribution in [0.2, 0.25) is 0 Å². The highest BCUT2D eigenvalue weighted by molar-refractivity contribution is 7.90. The van der Waals surface area contributed by atoms with Crippen LogP contribution in [0.15, 0.2) is 29.6 Å². The van der Waals surface area contributed by atoms with Crippen LogP contribution in [0, 0.1) is 0 Å². The summed E-state index contributed by atoms with van der Waals surface area (Å²) >= 11 is 0. The summed E-state index contributed by atoms with van der Waals surface area (Å²) in [5, 5.41) is 3.08. The molecule has 0 spiro atoms. The van der Waals surface area contributed by atoms with Crippen molar-refractivity contribution in [1.82, 2.24) is 14.5 Å². The second kappa shape index (κ2) is 7.24. The van der Waals surface area contributed by atoms with Gasteiger partial charge in [-0.2, -0.15) is 0 Å². The Morgan fingerprint density at radius 2 is 2.17 bits per heavy atom. The summed E-state index contributed by atoms with van der Waals surface area (Å²) in [6.45, 7) is 0.572. The van der Waals surface area contributed by atoms with Crippen LogP contribution in [0.3, 0.4) is 0 Å². The minimum atomic E-state index is -3.68. The van der Waals surface area contributed by atoms with E-state index in [1.165, 1.54) is 13.0 Å². The number of carbonyl (C=O) groups excluding carboxylic acids is 1. The van der Waals surface area contributed by atoms with E-state index in [0.29, 0.717) is 16.8 Å². The Labute approximate surface area is 171 Å². The molecule has 0 radical (unpaired) electrons. The number of alkyl halides is 1. The molecule has 0 aromatic carbocycles. The zero-order chi connectivity index (χ0) is 21.6. The van der Waals surface area contributed by atoms with Crippen molar-refractivity contribution in [3.63, 3.8) is 0 Å². The van der Waals surface area contributed by atoms with Gasteiger partial charge >= 0.3 is 0 Å². The summed E-state index contributed by atoms with van der Waals surface area (Å²) in [5.74, 6) is 0.410. The van der Waals surface area contributed by atoms with E-state index in [1.54, 1.807) is 30.1 Å². The molecule has 11 heteroatoms. The van der Waals surface area contributed by atoms with Crippen molar-refractivity contribution in [3.05, 3.63) is 24.5 Å². The number of rotatable bonds is 4. The van der Waals surface area contributed by atoms with Crippen molar-refractivity contribution >= 4 is 32.5 Å². The fourth-order valence-electron chi connectivity index (χ4n) is 3.27. The fourth-order valence-corrected chi connectivity index (χ4v) is 3.85. The van der Waals surface area contributed by atoms with E-state index in [1.807, 2.05) is 0 Å². The van der Waals surface area contributed by atoms with E-state index >= 15 is 0 Å². The molecule has 1 N–H and O–H groups in total. The lowest BCUT2D eigenvalue weighted by atomic mass is 10.1. The molecule has 1 aliphatic rings. The molecule has 1 unspecified atom stereocenters. The fraction of sp³-hybridized carbons (Fsp3) is 0.316. The largest absolute Gasteiger partial charge is 0.483 e. The first-order chi connectivity index (χ1) is 14.2. The van der Waals surface area contributed by atoms with Gasteiger partial charge in [-0.25, -0.2) is 22.8 Å². The van der Waals surface area contributed by atoms with Crippen LogP contribution in [0.25, 0.3) is 22.2 Å². The number of hydrogen-bond acceptors (Lipinski definition) is 7. The second-order valence-corrected chi connectivity index (χ2v) is 9.00. The molecule has 3 aromatic rings. The standard InChI is InChI=1S/C19H19FN4O5S/c1-10(25)22-16-4-12-13(8-24(2)14(12)7-21-16)18-19-15(29-11(6-20)9-28-19)5-17(23-18)30(3,26)27/h4-5,7-8,11H,6,9H2,1-3H3,(H,21,22,25). The Morgan fingerprint density at radius 3 is 2.83 bits per heavy atom. The molecule has 4 heterocycles. The summed E-state index contributed by atoms with van der Waals surface area (Å²) < 4.78 is 50.6. The number of carbonyl (C=O) groups is 1. The predicted molar refractivity (Wildman–Crippen MR) is 107 cm³/mol. The maximum atomic E-state index is 13.1. The SMILES string of the molecule is CC(=O)Nc1cc2c(-c3nc(S(C)(=O)=O)cc4c3OCC(CF)O4)cn(C)c2cn1. The average Bonchev–Trinajstić information content (AvgIpc) is 3.01. The highest BCUT2D eigenvalue weighted by Gasteiger charge is 2.29. The van der Waals surface area contributed by atoms with Crippen LogP contribution in [0.5, 0.6) is 11.5 Å². The van der Waals surface area contributed by atoms with Crippen LogP contribution in [0.4, 0.5) is 10.2 Å². The lowest BCUT2D eigenvalue weighted by Crippen LogP contribution is -2.31. The summed E-state index contributed by atoms with van der Waals surface area (Å²) in [6, 6.07) is 2.91. The molecule has 0 fully saturated rings. The van der Waals surface area contributed by atoms with Gasteiger partial charge in [0.25, 0.3) is 0 Å². The first-order valence-electron chi connectivity index (χ1n) is 9.01. The number of nitrogens with one attached hydrogen (secondary N) is 1. The number of aryl methyl sites for hydroxylation is 1. The Balaban J connectivity index is 1.98. The van der Waals surface area contributed by atoms with E-state index in [2.05, 4.69) is 15.3 Å². The molecule has 0 aliphatic carbocycles. The molecule has 0 saturated heterocycles. The number of pyridine rings is 2. The van der Waals surface area contributed by atoms with Crippen molar-refractivity contribution in [2.75, 3.05) is 24.9 Å². The Hall–Kier alpha value is -3.21. The van der Waals surface area contributed by atoms with Crippen LogP contribution >= 0.6 is 0 Å². The Bertz CT molecular complexity index is 1270. The van der Waals surface area contributed by atoms with Crippen LogP contribution in [0.1, 0.15) is 6.92 Å². The molecular formula is C19H19FN4O5S. The van der Waals surface area contributed by atoms with E-state index in [4.69, 9.17) is 9.47 Å². The molecule has 1 atom stereocenters. The monoisotopic (exact) mass is 434 g/mol. The molecule has 0 saturated carbocycles. The minimum absolute atomic E-state index is 0.0279. The van der Waals surface area contributed by atoms with Crippen molar-refractivity contribution in [3.8, 4) is 22.8 Å². The van der Waals surface area contributed by atoms with Crippen LogP contribution in [-0.4, -0.2) is 54.5 Å². The van der Waals surface area contributed by atoms with Gasteiger partial charge in [-0.15, -0.1) is 0 Å². The van der Waals surface area contributed by atoms with E-state index in [9.17, 15) is 17.6 Å². The van der Waals surface area contributed by atoms with Gasteiger partial charge in [-0.1, -0.05) is 0 Å². The molecule has 0 bridgehead atoms. The third-order valence-corrected chi connectivity index (χ3v) is 5.58. The Kier molecular flexibility index (Phi) is 4.85. The summed E-state index contributed by atoms with van der Waals surface area (Å²) in [5.41, 5.74) is 1.54. The van der Waals surface area contributed by atoms with Gasteiger partial charge in [-0.05, 0) is 6.07 Å². The normalized spacial score (nSPS) is 15.9. The van der Waals surface area contributed by atoms with Crippen molar-refractivity contribution in [2.24, 2.45) is 7.05 Å². The summed E-state index contributed by atoms with van der Waals surface area (Å²) in [7, 11) is -1.88. The van der Waals surface area contributed by atoms with Gasteiger partial charge in [0.05, 0.1) is 11.7 Å².